The van der Waals surface area contributed by atoms with Crippen molar-refractivity contribution in [2.45, 2.75) is 6.92 Å². The minimum Gasteiger partial charge on any atom is -0.465 e. The van der Waals surface area contributed by atoms with Gasteiger partial charge in [0.2, 0.25) is 0 Å². The molecule has 0 N–H and O–H groups in total. The van der Waals surface area contributed by atoms with Crippen molar-refractivity contribution in [1.29, 1.82) is 0 Å². The average Bonchev–Trinajstić information content (AvgIpc) is 2.47. The van der Waals surface area contributed by atoms with E-state index in [1.165, 1.54) is 12.1 Å². The number of methoxy groups -OCH3 is 1. The van der Waals surface area contributed by atoms with Gasteiger partial charge in [0, 0.05) is 25.1 Å². The summed E-state index contributed by atoms with van der Waals surface area (Å²) in [6.45, 7) is 1.95. The van der Waals surface area contributed by atoms with Gasteiger partial charge in [0.15, 0.2) is 12.5 Å². The van der Waals surface area contributed by atoms with Gasteiger partial charge >= 0.3 is 0 Å². The Hall–Kier alpha value is -1.98. The predicted octanol–water partition coefficient (Wildman–Crippen LogP) is 3.92. The zero-order valence-electron chi connectivity index (χ0n) is 11.6. The second-order valence-corrected chi connectivity index (χ2v) is 4.63. The average molecular weight is 309 g/mol. The highest BCUT2D eigenvalue weighted by molar-refractivity contribution is 6.31. The third kappa shape index (κ3) is 4.00. The Bertz CT molecular complexity index is 662. The molecule has 6 heteroatoms. The molecule has 0 radical (unpaired) electrons. The maximum atomic E-state index is 13.1. The van der Waals surface area contributed by atoms with Crippen LogP contribution in [0.5, 0.6) is 5.75 Å². The van der Waals surface area contributed by atoms with Gasteiger partial charge in [-0.2, -0.15) is 0 Å². The molecule has 0 fully saturated rings. The summed E-state index contributed by atoms with van der Waals surface area (Å²) in [5.74, 6) is 0.121. The molecule has 4 nitrogen and oxygen atoms in total. The molecule has 0 aliphatic rings. The summed E-state index contributed by atoms with van der Waals surface area (Å²) in [6, 6.07) is 6.04. The Morgan fingerprint density at radius 2 is 2.19 bits per heavy atom. The summed E-state index contributed by atoms with van der Waals surface area (Å²) in [5.41, 5.74) is 2.03. The van der Waals surface area contributed by atoms with Gasteiger partial charge in [0.05, 0.1) is 16.4 Å². The first-order valence-corrected chi connectivity index (χ1v) is 6.56. The standard InChI is InChI=1S/C15H14ClFN2O2/c1-10-15(21-9-20-2)11(5-6-18-10)8-19-12-3-4-14(17)13(16)7-12/h3-8H,9H2,1-2H3. The van der Waals surface area contributed by atoms with Crippen molar-refractivity contribution in [3.63, 3.8) is 0 Å². The number of halogens is 2. The van der Waals surface area contributed by atoms with Crippen LogP contribution in [0.25, 0.3) is 0 Å². The summed E-state index contributed by atoms with van der Waals surface area (Å²) in [7, 11) is 1.54. The molecule has 0 atom stereocenters. The lowest BCUT2D eigenvalue weighted by atomic mass is 10.2. The number of aryl methyl sites for hydroxylation is 1. The molecule has 0 spiro atoms. The first-order valence-electron chi connectivity index (χ1n) is 6.18. The lowest BCUT2D eigenvalue weighted by Crippen LogP contribution is -2.04. The molecule has 0 bridgehead atoms. The van der Waals surface area contributed by atoms with E-state index in [4.69, 9.17) is 21.1 Å². The zero-order valence-corrected chi connectivity index (χ0v) is 12.4. The van der Waals surface area contributed by atoms with E-state index >= 15 is 0 Å². The van der Waals surface area contributed by atoms with Crippen molar-refractivity contribution in [3.05, 3.63) is 52.6 Å². The van der Waals surface area contributed by atoms with Crippen LogP contribution in [0.2, 0.25) is 5.02 Å². The van der Waals surface area contributed by atoms with Crippen LogP contribution in [-0.4, -0.2) is 25.1 Å². The van der Waals surface area contributed by atoms with E-state index in [0.29, 0.717) is 11.4 Å². The second-order valence-electron chi connectivity index (χ2n) is 4.22. The Morgan fingerprint density at radius 1 is 1.38 bits per heavy atom. The van der Waals surface area contributed by atoms with Crippen molar-refractivity contribution >= 4 is 23.5 Å². The molecular weight excluding hydrogens is 295 g/mol. The van der Waals surface area contributed by atoms with Gasteiger partial charge in [-0.05, 0) is 31.2 Å². The zero-order chi connectivity index (χ0) is 15.2. The van der Waals surface area contributed by atoms with E-state index in [1.54, 1.807) is 31.7 Å². The molecule has 1 aromatic heterocycles. The highest BCUT2D eigenvalue weighted by atomic mass is 35.5. The fourth-order valence-electron chi connectivity index (χ4n) is 1.69. The number of aliphatic imine (C=N–C) groups is 1. The van der Waals surface area contributed by atoms with Crippen LogP contribution in [0.4, 0.5) is 10.1 Å². The molecule has 110 valence electrons. The summed E-state index contributed by atoms with van der Waals surface area (Å²) in [5, 5.41) is 0.0337. The van der Waals surface area contributed by atoms with E-state index < -0.39 is 5.82 Å². The van der Waals surface area contributed by atoms with Crippen LogP contribution in [0, 0.1) is 12.7 Å². The molecule has 0 aliphatic carbocycles. The number of pyridine rings is 1. The van der Waals surface area contributed by atoms with Gasteiger partial charge in [-0.15, -0.1) is 0 Å². The van der Waals surface area contributed by atoms with Crippen LogP contribution >= 0.6 is 11.6 Å². The van der Waals surface area contributed by atoms with Crippen LogP contribution < -0.4 is 4.74 Å². The quantitative estimate of drug-likeness (QED) is 0.621. The molecule has 0 amide bonds. The van der Waals surface area contributed by atoms with Gasteiger partial charge < -0.3 is 9.47 Å². The summed E-state index contributed by atoms with van der Waals surface area (Å²) >= 11 is 5.72. The molecular formula is C15H14ClFN2O2. The first-order chi connectivity index (χ1) is 10.1. The number of rotatable bonds is 5. The number of aromatic nitrogens is 1. The molecule has 1 aromatic carbocycles. The van der Waals surface area contributed by atoms with Crippen molar-refractivity contribution in [3.8, 4) is 5.75 Å². The summed E-state index contributed by atoms with van der Waals surface area (Å²) in [6.07, 6.45) is 3.28. The molecule has 0 unspecified atom stereocenters. The summed E-state index contributed by atoms with van der Waals surface area (Å²) < 4.78 is 23.5. The SMILES string of the molecule is COCOc1c(C=Nc2ccc(F)c(Cl)c2)ccnc1C. The fraction of sp³-hybridized carbons (Fsp3) is 0.200. The molecule has 0 saturated heterocycles. The normalized spacial score (nSPS) is 11.0. The van der Waals surface area contributed by atoms with Gasteiger partial charge in [-0.1, -0.05) is 11.6 Å². The molecule has 21 heavy (non-hydrogen) atoms. The van der Waals surface area contributed by atoms with E-state index in [2.05, 4.69) is 9.98 Å². The van der Waals surface area contributed by atoms with E-state index in [0.717, 1.165) is 11.3 Å². The third-order valence-electron chi connectivity index (χ3n) is 2.69. The molecule has 1 heterocycles. The molecule has 2 aromatic rings. The second kappa shape index (κ2) is 7.15. The maximum Gasteiger partial charge on any atom is 0.188 e. The predicted molar refractivity (Wildman–Crippen MR) is 80.1 cm³/mol. The largest absolute Gasteiger partial charge is 0.465 e. The number of nitrogens with zero attached hydrogens (tertiary/aromatic N) is 2. The molecule has 2 rings (SSSR count). The Balaban J connectivity index is 2.27. The number of hydrogen-bond acceptors (Lipinski definition) is 4. The molecule has 0 saturated carbocycles. The Morgan fingerprint density at radius 3 is 2.90 bits per heavy atom. The van der Waals surface area contributed by atoms with Gasteiger partial charge in [0.25, 0.3) is 0 Å². The highest BCUT2D eigenvalue weighted by Crippen LogP contribution is 2.23. The minimum absolute atomic E-state index is 0.0337. The van der Waals surface area contributed by atoms with Crippen LogP contribution in [-0.2, 0) is 4.74 Å². The number of benzene rings is 1. The van der Waals surface area contributed by atoms with Crippen molar-refractivity contribution in [2.24, 2.45) is 4.99 Å². The van der Waals surface area contributed by atoms with Gasteiger partial charge in [0.1, 0.15) is 5.82 Å². The van der Waals surface area contributed by atoms with Gasteiger partial charge in [-0.3, -0.25) is 9.98 Å². The van der Waals surface area contributed by atoms with Crippen LogP contribution in [0.1, 0.15) is 11.3 Å². The van der Waals surface area contributed by atoms with Crippen LogP contribution in [0.3, 0.4) is 0 Å². The van der Waals surface area contributed by atoms with E-state index in [1.807, 2.05) is 6.92 Å². The van der Waals surface area contributed by atoms with E-state index in [-0.39, 0.29) is 11.8 Å². The van der Waals surface area contributed by atoms with Crippen LogP contribution in [0.15, 0.2) is 35.5 Å². The molecule has 0 aliphatic heterocycles. The number of ether oxygens (including phenoxy) is 2. The van der Waals surface area contributed by atoms with Crippen molar-refractivity contribution in [1.82, 2.24) is 4.98 Å². The first kappa shape index (κ1) is 15.4. The van der Waals surface area contributed by atoms with E-state index in [9.17, 15) is 4.39 Å². The lowest BCUT2D eigenvalue weighted by Gasteiger charge is -2.09. The minimum atomic E-state index is -0.473. The smallest absolute Gasteiger partial charge is 0.188 e. The number of hydrogen-bond donors (Lipinski definition) is 0. The Labute approximate surface area is 127 Å². The Kier molecular flexibility index (Phi) is 5.25. The maximum absolute atomic E-state index is 13.1. The van der Waals surface area contributed by atoms with Crippen molar-refractivity contribution < 1.29 is 13.9 Å². The third-order valence-corrected chi connectivity index (χ3v) is 2.98. The van der Waals surface area contributed by atoms with Crippen molar-refractivity contribution in [2.75, 3.05) is 13.9 Å². The monoisotopic (exact) mass is 308 g/mol. The topological polar surface area (TPSA) is 43.7 Å². The lowest BCUT2D eigenvalue weighted by molar-refractivity contribution is 0.0502. The fourth-order valence-corrected chi connectivity index (χ4v) is 1.86. The highest BCUT2D eigenvalue weighted by Gasteiger charge is 2.06. The summed E-state index contributed by atoms with van der Waals surface area (Å²) in [4.78, 5) is 8.42. The van der Waals surface area contributed by atoms with Gasteiger partial charge in [-0.25, -0.2) is 4.39 Å².